The summed E-state index contributed by atoms with van der Waals surface area (Å²) in [5, 5.41) is 0. The first-order chi connectivity index (χ1) is 6.47. The van der Waals surface area contributed by atoms with Crippen molar-refractivity contribution in [2.24, 2.45) is 4.52 Å². The molecule has 0 aromatic heterocycles. The Morgan fingerprint density at radius 3 is 2.64 bits per heavy atom. The molecule has 0 amide bonds. The molecule has 1 aromatic carbocycles. The molecule has 0 spiro atoms. The fraction of sp³-hybridized carbons (Fsp3) is 0.143. The molecule has 7 heteroatoms. The van der Waals surface area contributed by atoms with Crippen molar-refractivity contribution in [2.45, 2.75) is 11.8 Å². The molecule has 74 valence electrons. The third-order valence-electron chi connectivity index (χ3n) is 1.56. The van der Waals surface area contributed by atoms with Crippen LogP contribution in [0.1, 0.15) is 5.56 Å². The molecule has 0 bridgehead atoms. The van der Waals surface area contributed by atoms with Crippen LogP contribution in [-0.4, -0.2) is 8.42 Å². The summed E-state index contributed by atoms with van der Waals surface area (Å²) in [6.45, 7) is 1.42. The van der Waals surface area contributed by atoms with Gasteiger partial charge in [0, 0.05) is 9.43 Å². The number of rotatable bonds is 2. The van der Waals surface area contributed by atoms with Gasteiger partial charge < -0.3 is 0 Å². The van der Waals surface area contributed by atoms with Crippen LogP contribution < -0.4 is 0 Å². The second-order valence-corrected chi connectivity index (χ2v) is 4.11. The summed E-state index contributed by atoms with van der Waals surface area (Å²) in [4.78, 5) is 2.01. The predicted molar refractivity (Wildman–Crippen MR) is 47.5 cm³/mol. The molecule has 0 aliphatic rings. The van der Waals surface area contributed by atoms with Crippen LogP contribution in [0.15, 0.2) is 27.6 Å². The number of hydrogen-bond donors (Lipinski definition) is 0. The number of halogens is 1. The zero-order chi connectivity index (χ0) is 10.8. The molecule has 0 unspecified atom stereocenters. The van der Waals surface area contributed by atoms with E-state index in [1.165, 1.54) is 6.92 Å². The summed E-state index contributed by atoms with van der Waals surface area (Å²) >= 11 is 0. The molecule has 0 saturated carbocycles. The SMILES string of the molecule is Cc1cc(F)ccc1S(=O)(=O)N=[N+]=[N-]. The molecule has 5 nitrogen and oxygen atoms in total. The van der Waals surface area contributed by atoms with Crippen molar-refractivity contribution in [1.29, 1.82) is 0 Å². The number of benzene rings is 1. The van der Waals surface area contributed by atoms with E-state index in [0.29, 0.717) is 0 Å². The van der Waals surface area contributed by atoms with E-state index in [2.05, 4.69) is 9.43 Å². The number of sulfonamides is 1. The molecule has 0 atom stereocenters. The van der Waals surface area contributed by atoms with Gasteiger partial charge in [-0.05, 0) is 36.2 Å². The zero-order valence-electron chi connectivity index (χ0n) is 7.18. The minimum Gasteiger partial charge on any atom is -0.216 e. The lowest BCUT2D eigenvalue weighted by Crippen LogP contribution is -1.98. The summed E-state index contributed by atoms with van der Waals surface area (Å²) < 4.78 is 37.7. The lowest BCUT2D eigenvalue weighted by molar-refractivity contribution is 0.595. The van der Waals surface area contributed by atoms with Crippen LogP contribution in [0.25, 0.3) is 10.4 Å². The molecular weight excluding hydrogens is 209 g/mol. The fourth-order valence-electron chi connectivity index (χ4n) is 0.994. The Kier molecular flexibility index (Phi) is 2.73. The molecule has 0 saturated heterocycles. The van der Waals surface area contributed by atoms with E-state index < -0.39 is 15.8 Å². The van der Waals surface area contributed by atoms with Gasteiger partial charge in [0.25, 0.3) is 10.0 Å². The second-order valence-electron chi connectivity index (χ2n) is 2.56. The fourth-order valence-corrected chi connectivity index (χ4v) is 1.88. The van der Waals surface area contributed by atoms with E-state index in [0.717, 1.165) is 18.2 Å². The van der Waals surface area contributed by atoms with Crippen molar-refractivity contribution in [3.05, 3.63) is 40.0 Å². The smallest absolute Gasteiger partial charge is 0.216 e. The topological polar surface area (TPSA) is 82.9 Å². The Hall–Kier alpha value is -1.59. The Labute approximate surface area is 79.9 Å². The van der Waals surface area contributed by atoms with Crippen molar-refractivity contribution in [2.75, 3.05) is 0 Å². The lowest BCUT2D eigenvalue weighted by atomic mass is 10.2. The Morgan fingerprint density at radius 2 is 2.14 bits per heavy atom. The van der Waals surface area contributed by atoms with Crippen molar-refractivity contribution in [1.82, 2.24) is 0 Å². The molecule has 0 aliphatic heterocycles. The molecule has 1 rings (SSSR count). The number of azide groups is 1. The molecule has 0 radical (unpaired) electrons. The highest BCUT2D eigenvalue weighted by Crippen LogP contribution is 2.18. The zero-order valence-corrected chi connectivity index (χ0v) is 7.99. The minimum absolute atomic E-state index is 0.184. The van der Waals surface area contributed by atoms with Gasteiger partial charge in [-0.3, -0.25) is 0 Å². The average Bonchev–Trinajstić information content (AvgIpc) is 2.02. The van der Waals surface area contributed by atoms with Gasteiger partial charge in [0.2, 0.25) is 0 Å². The molecular formula is C7H6FN3O2S. The first-order valence-electron chi connectivity index (χ1n) is 3.55. The van der Waals surface area contributed by atoms with Crippen LogP contribution in [0.5, 0.6) is 0 Å². The van der Waals surface area contributed by atoms with Gasteiger partial charge in [0.15, 0.2) is 0 Å². The van der Waals surface area contributed by atoms with Gasteiger partial charge in [-0.15, -0.1) is 0 Å². The van der Waals surface area contributed by atoms with Gasteiger partial charge in [-0.2, -0.15) is 0 Å². The average molecular weight is 215 g/mol. The van der Waals surface area contributed by atoms with E-state index in [-0.39, 0.29) is 10.5 Å². The summed E-state index contributed by atoms with van der Waals surface area (Å²) in [6, 6.07) is 3.11. The van der Waals surface area contributed by atoms with E-state index in [1.807, 2.05) is 0 Å². The number of nitrogens with zero attached hydrogens (tertiary/aromatic N) is 3. The first kappa shape index (κ1) is 10.5. The summed E-state index contributed by atoms with van der Waals surface area (Å²) in [7, 11) is -4.02. The van der Waals surface area contributed by atoms with Crippen molar-refractivity contribution < 1.29 is 12.8 Å². The molecule has 0 fully saturated rings. The monoisotopic (exact) mass is 215 g/mol. The summed E-state index contributed by atoms with van der Waals surface area (Å²) in [6.07, 6.45) is 0. The highest BCUT2D eigenvalue weighted by atomic mass is 32.2. The highest BCUT2D eigenvalue weighted by molar-refractivity contribution is 7.90. The van der Waals surface area contributed by atoms with Crippen LogP contribution in [0, 0.1) is 12.7 Å². The molecule has 0 N–H and O–H groups in total. The van der Waals surface area contributed by atoms with Gasteiger partial charge in [0.1, 0.15) is 5.82 Å². The van der Waals surface area contributed by atoms with E-state index >= 15 is 0 Å². The minimum atomic E-state index is -4.02. The van der Waals surface area contributed by atoms with Gasteiger partial charge >= 0.3 is 0 Å². The highest BCUT2D eigenvalue weighted by Gasteiger charge is 2.14. The van der Waals surface area contributed by atoms with Crippen LogP contribution in [0.4, 0.5) is 4.39 Å². The van der Waals surface area contributed by atoms with Crippen LogP contribution >= 0.6 is 0 Å². The van der Waals surface area contributed by atoms with E-state index in [9.17, 15) is 12.8 Å². The molecule has 14 heavy (non-hydrogen) atoms. The maximum Gasteiger partial charge on any atom is 0.264 e. The summed E-state index contributed by atoms with van der Waals surface area (Å²) in [5.74, 6) is -0.539. The van der Waals surface area contributed by atoms with Crippen molar-refractivity contribution in [3.63, 3.8) is 0 Å². The van der Waals surface area contributed by atoms with Crippen LogP contribution in [-0.2, 0) is 10.0 Å². The third kappa shape index (κ3) is 2.01. The standard InChI is InChI=1S/C7H6FN3O2S/c1-5-4-6(8)2-3-7(5)14(12,13)11-10-9/h2-4H,1H3. The third-order valence-corrected chi connectivity index (χ3v) is 2.86. The maximum atomic E-state index is 12.6. The second kappa shape index (κ2) is 3.65. The van der Waals surface area contributed by atoms with E-state index in [1.54, 1.807) is 0 Å². The van der Waals surface area contributed by atoms with Crippen molar-refractivity contribution in [3.8, 4) is 0 Å². The van der Waals surface area contributed by atoms with Gasteiger partial charge in [0.05, 0.1) is 4.90 Å². The van der Waals surface area contributed by atoms with Gasteiger partial charge in [-0.1, -0.05) is 0 Å². The van der Waals surface area contributed by atoms with E-state index in [4.69, 9.17) is 5.53 Å². The number of hydrogen-bond acceptors (Lipinski definition) is 2. The van der Waals surface area contributed by atoms with Crippen LogP contribution in [0.2, 0.25) is 0 Å². The Balaban J connectivity index is 3.41. The van der Waals surface area contributed by atoms with Crippen molar-refractivity contribution >= 4 is 10.0 Å². The first-order valence-corrected chi connectivity index (χ1v) is 4.99. The molecule has 1 aromatic rings. The Morgan fingerprint density at radius 1 is 1.50 bits per heavy atom. The maximum absolute atomic E-state index is 12.6. The normalized spacial score (nSPS) is 10.7. The van der Waals surface area contributed by atoms with Gasteiger partial charge in [-0.25, -0.2) is 12.8 Å². The number of aryl methyl sites for hydroxylation is 1. The molecule has 0 aliphatic carbocycles. The molecule has 0 heterocycles. The summed E-state index contributed by atoms with van der Waals surface area (Å²) in [5.41, 5.74) is 8.22. The van der Waals surface area contributed by atoms with Crippen LogP contribution in [0.3, 0.4) is 0 Å². The lowest BCUT2D eigenvalue weighted by Gasteiger charge is -2.01. The largest absolute Gasteiger partial charge is 0.264 e. The predicted octanol–water partition coefficient (Wildman–Crippen LogP) is 2.13. The Bertz CT molecular complexity index is 506. The quantitative estimate of drug-likeness (QED) is 0.430.